The minimum Gasteiger partial charge on any atom is -0.371 e. The summed E-state index contributed by atoms with van der Waals surface area (Å²) in [5.41, 5.74) is 8.43. The third kappa shape index (κ3) is 3.01. The van der Waals surface area contributed by atoms with E-state index in [4.69, 9.17) is 5.73 Å². The molecule has 0 aromatic heterocycles. The van der Waals surface area contributed by atoms with E-state index in [0.717, 1.165) is 11.8 Å². The van der Waals surface area contributed by atoms with E-state index in [9.17, 15) is 0 Å². The Morgan fingerprint density at radius 3 is 2.12 bits per heavy atom. The number of rotatable bonds is 2. The molecule has 0 radical (unpaired) electrons. The van der Waals surface area contributed by atoms with Crippen LogP contribution in [0.25, 0.3) is 0 Å². The molecule has 2 heteroatoms. The second kappa shape index (κ2) is 5.09. The molecule has 94 valence electrons. The van der Waals surface area contributed by atoms with Crippen LogP contribution in [0.3, 0.4) is 0 Å². The molecule has 2 rings (SSSR count). The van der Waals surface area contributed by atoms with Gasteiger partial charge in [-0.1, -0.05) is 26.0 Å². The van der Waals surface area contributed by atoms with Gasteiger partial charge in [-0.15, -0.1) is 0 Å². The summed E-state index contributed by atoms with van der Waals surface area (Å²) >= 11 is 0. The number of hydrogen-bond donors (Lipinski definition) is 1. The summed E-state index contributed by atoms with van der Waals surface area (Å²) in [4.78, 5) is 2.50. The molecule has 1 aromatic carbocycles. The normalized spacial score (nSPS) is 26.9. The van der Waals surface area contributed by atoms with Gasteiger partial charge in [0.15, 0.2) is 0 Å². The van der Waals surface area contributed by atoms with Crippen LogP contribution in [0, 0.1) is 11.8 Å². The third-order valence-corrected chi connectivity index (χ3v) is 3.65. The quantitative estimate of drug-likeness (QED) is 0.848. The zero-order chi connectivity index (χ0) is 12.4. The number of nitrogens with two attached hydrogens (primary N) is 1. The Balaban J connectivity index is 2.11. The van der Waals surface area contributed by atoms with Crippen molar-refractivity contribution in [3.8, 4) is 0 Å². The third-order valence-electron chi connectivity index (χ3n) is 3.65. The maximum Gasteiger partial charge on any atom is 0.0366 e. The highest BCUT2D eigenvalue weighted by molar-refractivity contribution is 5.48. The Hall–Kier alpha value is -1.02. The summed E-state index contributed by atoms with van der Waals surface area (Å²) in [5, 5.41) is 0. The van der Waals surface area contributed by atoms with Gasteiger partial charge in [0.1, 0.15) is 0 Å². The largest absolute Gasteiger partial charge is 0.371 e. The van der Waals surface area contributed by atoms with Crippen molar-refractivity contribution in [2.45, 2.75) is 33.2 Å². The van der Waals surface area contributed by atoms with Gasteiger partial charge in [-0.3, -0.25) is 0 Å². The first kappa shape index (κ1) is 12.4. The Morgan fingerprint density at radius 1 is 1.12 bits per heavy atom. The Morgan fingerprint density at radius 2 is 1.65 bits per heavy atom. The van der Waals surface area contributed by atoms with Crippen LogP contribution in [-0.4, -0.2) is 13.1 Å². The molecule has 1 aromatic rings. The van der Waals surface area contributed by atoms with Crippen molar-refractivity contribution in [1.29, 1.82) is 0 Å². The first-order valence-electron chi connectivity index (χ1n) is 6.66. The van der Waals surface area contributed by atoms with Gasteiger partial charge in [0.2, 0.25) is 0 Å². The number of piperidine rings is 1. The molecule has 1 aliphatic rings. The van der Waals surface area contributed by atoms with Crippen molar-refractivity contribution in [2.75, 3.05) is 18.0 Å². The van der Waals surface area contributed by atoms with E-state index in [0.29, 0.717) is 0 Å². The van der Waals surface area contributed by atoms with Crippen molar-refractivity contribution in [2.24, 2.45) is 17.6 Å². The maximum atomic E-state index is 5.87. The molecular formula is C15H24N2. The summed E-state index contributed by atoms with van der Waals surface area (Å²) in [6.45, 7) is 9.09. The SMILES string of the molecule is CC1CC(C)CN(c2ccc(C(C)N)cc2)C1. The lowest BCUT2D eigenvalue weighted by Crippen LogP contribution is -2.38. The monoisotopic (exact) mass is 232 g/mol. The van der Waals surface area contributed by atoms with Crippen LogP contribution in [0.15, 0.2) is 24.3 Å². The first-order valence-corrected chi connectivity index (χ1v) is 6.66. The average molecular weight is 232 g/mol. The smallest absolute Gasteiger partial charge is 0.0366 e. The molecular weight excluding hydrogens is 208 g/mol. The van der Waals surface area contributed by atoms with Crippen molar-refractivity contribution in [3.05, 3.63) is 29.8 Å². The minimum atomic E-state index is 0.128. The Kier molecular flexibility index (Phi) is 3.72. The number of nitrogens with zero attached hydrogens (tertiary/aromatic N) is 1. The molecule has 2 N–H and O–H groups in total. The molecule has 0 aliphatic carbocycles. The van der Waals surface area contributed by atoms with Gasteiger partial charge in [0.25, 0.3) is 0 Å². The van der Waals surface area contributed by atoms with E-state index in [2.05, 4.69) is 43.0 Å². The van der Waals surface area contributed by atoms with E-state index in [1.54, 1.807) is 0 Å². The van der Waals surface area contributed by atoms with Gasteiger partial charge in [0.05, 0.1) is 0 Å². The van der Waals surface area contributed by atoms with Gasteiger partial charge in [0, 0.05) is 24.8 Å². The molecule has 3 atom stereocenters. The molecule has 17 heavy (non-hydrogen) atoms. The fraction of sp³-hybridized carbons (Fsp3) is 0.600. The van der Waals surface area contributed by atoms with Crippen LogP contribution in [0.5, 0.6) is 0 Å². The van der Waals surface area contributed by atoms with Crippen LogP contribution < -0.4 is 10.6 Å². The van der Waals surface area contributed by atoms with Crippen LogP contribution in [0.1, 0.15) is 38.8 Å². The molecule has 2 nitrogen and oxygen atoms in total. The van der Waals surface area contributed by atoms with E-state index >= 15 is 0 Å². The fourth-order valence-electron chi connectivity index (χ4n) is 2.86. The van der Waals surface area contributed by atoms with E-state index in [-0.39, 0.29) is 6.04 Å². The number of anilines is 1. The summed E-state index contributed by atoms with van der Waals surface area (Å²) in [6.07, 6.45) is 1.36. The van der Waals surface area contributed by atoms with Gasteiger partial charge >= 0.3 is 0 Å². The van der Waals surface area contributed by atoms with Crippen LogP contribution in [0.4, 0.5) is 5.69 Å². The van der Waals surface area contributed by atoms with Crippen molar-refractivity contribution in [3.63, 3.8) is 0 Å². The molecule has 1 saturated heterocycles. The minimum absolute atomic E-state index is 0.128. The standard InChI is InChI=1S/C15H24N2/c1-11-8-12(2)10-17(9-11)15-6-4-14(5-7-15)13(3)16/h4-7,11-13H,8-10,16H2,1-3H3. The molecule has 0 bridgehead atoms. The zero-order valence-electron chi connectivity index (χ0n) is 11.2. The molecule has 0 spiro atoms. The van der Waals surface area contributed by atoms with Gasteiger partial charge in [-0.2, -0.15) is 0 Å². The molecule has 1 fully saturated rings. The predicted octanol–water partition coefficient (Wildman–Crippen LogP) is 3.19. The van der Waals surface area contributed by atoms with Crippen molar-refractivity contribution < 1.29 is 0 Å². The van der Waals surface area contributed by atoms with Crippen molar-refractivity contribution >= 4 is 5.69 Å². The molecule has 3 unspecified atom stereocenters. The lowest BCUT2D eigenvalue weighted by atomic mass is 9.91. The van der Waals surface area contributed by atoms with Crippen LogP contribution in [-0.2, 0) is 0 Å². The lowest BCUT2D eigenvalue weighted by Gasteiger charge is -2.36. The summed E-state index contributed by atoms with van der Waals surface area (Å²) in [6, 6.07) is 8.86. The maximum absolute atomic E-state index is 5.87. The van der Waals surface area contributed by atoms with E-state index in [1.165, 1.54) is 30.8 Å². The highest BCUT2D eigenvalue weighted by Crippen LogP contribution is 2.26. The van der Waals surface area contributed by atoms with Gasteiger partial charge in [-0.25, -0.2) is 0 Å². The lowest BCUT2D eigenvalue weighted by molar-refractivity contribution is 0.357. The molecule has 0 amide bonds. The van der Waals surface area contributed by atoms with E-state index in [1.807, 2.05) is 6.92 Å². The Labute approximate surface area is 105 Å². The van der Waals surface area contributed by atoms with Gasteiger partial charge < -0.3 is 10.6 Å². The number of hydrogen-bond acceptors (Lipinski definition) is 2. The second-order valence-corrected chi connectivity index (χ2v) is 5.73. The summed E-state index contributed by atoms with van der Waals surface area (Å²) < 4.78 is 0. The molecule has 0 saturated carbocycles. The average Bonchev–Trinajstić information content (AvgIpc) is 2.28. The summed E-state index contributed by atoms with van der Waals surface area (Å²) in [7, 11) is 0. The molecule has 1 heterocycles. The molecule has 1 aliphatic heterocycles. The van der Waals surface area contributed by atoms with Crippen molar-refractivity contribution in [1.82, 2.24) is 0 Å². The first-order chi connectivity index (χ1) is 8.06. The number of benzene rings is 1. The summed E-state index contributed by atoms with van der Waals surface area (Å²) in [5.74, 6) is 1.60. The highest BCUT2D eigenvalue weighted by atomic mass is 15.1. The van der Waals surface area contributed by atoms with E-state index < -0.39 is 0 Å². The highest BCUT2D eigenvalue weighted by Gasteiger charge is 2.21. The Bertz CT molecular complexity index is 346. The topological polar surface area (TPSA) is 29.3 Å². The van der Waals surface area contributed by atoms with Gasteiger partial charge in [-0.05, 0) is 42.9 Å². The van der Waals surface area contributed by atoms with Crippen LogP contribution in [0.2, 0.25) is 0 Å². The predicted molar refractivity (Wildman–Crippen MR) is 74.2 cm³/mol. The fourth-order valence-corrected chi connectivity index (χ4v) is 2.86. The second-order valence-electron chi connectivity index (χ2n) is 5.73. The zero-order valence-corrected chi connectivity index (χ0v) is 11.2. The van der Waals surface area contributed by atoms with Crippen LogP contribution >= 0.6 is 0 Å².